The van der Waals surface area contributed by atoms with E-state index in [0.29, 0.717) is 11.5 Å². The number of hydrogen-bond donors (Lipinski definition) is 2. The van der Waals surface area contributed by atoms with Crippen LogP contribution in [0.1, 0.15) is 44.8 Å². The van der Waals surface area contributed by atoms with Gasteiger partial charge in [-0.2, -0.15) is 0 Å². The number of amides is 1. The van der Waals surface area contributed by atoms with Gasteiger partial charge in [-0.05, 0) is 49.9 Å². The molecule has 1 aliphatic heterocycles. The van der Waals surface area contributed by atoms with Crippen molar-refractivity contribution in [1.82, 2.24) is 10.2 Å². The highest BCUT2D eigenvalue weighted by Crippen LogP contribution is 2.18. The summed E-state index contributed by atoms with van der Waals surface area (Å²) in [6.45, 7) is 7.21. The van der Waals surface area contributed by atoms with Crippen LogP contribution in [-0.2, 0) is 4.79 Å². The average molecular weight is 322 g/mol. The molecule has 0 aliphatic carbocycles. The molecule has 2 rings (SSSR count). The predicted molar refractivity (Wildman–Crippen MR) is 88.4 cm³/mol. The standard InChI is InChI=1S/C18H27FN2O2/c1-13-5-4-8-21(11-13)12-14(2)20-18(23)10-17(22)15-6-3-7-16(19)9-15/h3,6-7,9,13-14,17,22H,4-5,8,10-12H2,1-2H3,(H,20,23). The Morgan fingerprint density at radius 3 is 3.00 bits per heavy atom. The number of halogens is 1. The number of nitrogens with one attached hydrogen (secondary N) is 1. The SMILES string of the molecule is CC1CCCN(CC(C)NC(=O)CC(O)c2cccc(F)c2)C1. The lowest BCUT2D eigenvalue weighted by Gasteiger charge is -2.32. The second-order valence-corrected chi connectivity index (χ2v) is 6.75. The lowest BCUT2D eigenvalue weighted by atomic mass is 10.00. The molecule has 1 fully saturated rings. The molecular formula is C18H27FN2O2. The Morgan fingerprint density at radius 2 is 2.30 bits per heavy atom. The molecule has 1 amide bonds. The summed E-state index contributed by atoms with van der Waals surface area (Å²) in [5, 5.41) is 13.0. The van der Waals surface area contributed by atoms with E-state index in [1.807, 2.05) is 6.92 Å². The van der Waals surface area contributed by atoms with Crippen molar-refractivity contribution in [3.8, 4) is 0 Å². The van der Waals surface area contributed by atoms with Crippen LogP contribution in [0.25, 0.3) is 0 Å². The van der Waals surface area contributed by atoms with Crippen LogP contribution in [0.3, 0.4) is 0 Å². The predicted octanol–water partition coefficient (Wildman–Crippen LogP) is 2.49. The third-order valence-corrected chi connectivity index (χ3v) is 4.29. The van der Waals surface area contributed by atoms with Gasteiger partial charge in [-0.3, -0.25) is 4.79 Å². The van der Waals surface area contributed by atoms with Crippen molar-refractivity contribution in [2.24, 2.45) is 5.92 Å². The number of carbonyl (C=O) groups excluding carboxylic acids is 1. The second kappa shape index (κ2) is 8.41. The Morgan fingerprint density at radius 1 is 1.52 bits per heavy atom. The summed E-state index contributed by atoms with van der Waals surface area (Å²) < 4.78 is 13.1. The van der Waals surface area contributed by atoms with E-state index in [-0.39, 0.29) is 18.4 Å². The highest BCUT2D eigenvalue weighted by atomic mass is 19.1. The van der Waals surface area contributed by atoms with Crippen molar-refractivity contribution >= 4 is 5.91 Å². The summed E-state index contributed by atoms with van der Waals surface area (Å²) in [7, 11) is 0. The van der Waals surface area contributed by atoms with Crippen LogP contribution >= 0.6 is 0 Å². The van der Waals surface area contributed by atoms with Crippen LogP contribution in [0.15, 0.2) is 24.3 Å². The topological polar surface area (TPSA) is 52.6 Å². The third kappa shape index (κ3) is 5.92. The van der Waals surface area contributed by atoms with Crippen LogP contribution in [0.2, 0.25) is 0 Å². The molecule has 0 bridgehead atoms. The molecule has 1 aliphatic rings. The van der Waals surface area contributed by atoms with Crippen molar-refractivity contribution < 1.29 is 14.3 Å². The third-order valence-electron chi connectivity index (χ3n) is 4.29. The normalized spacial score (nSPS) is 21.7. The molecule has 1 aromatic carbocycles. The lowest BCUT2D eigenvalue weighted by Crippen LogP contribution is -2.45. The Bertz CT molecular complexity index is 523. The summed E-state index contributed by atoms with van der Waals surface area (Å²) >= 11 is 0. The number of rotatable bonds is 6. The number of likely N-dealkylation sites (tertiary alicyclic amines) is 1. The van der Waals surface area contributed by atoms with Crippen LogP contribution in [0.5, 0.6) is 0 Å². The minimum Gasteiger partial charge on any atom is -0.388 e. The van der Waals surface area contributed by atoms with Gasteiger partial charge < -0.3 is 15.3 Å². The van der Waals surface area contributed by atoms with Crippen LogP contribution in [0, 0.1) is 11.7 Å². The van der Waals surface area contributed by atoms with Gasteiger partial charge >= 0.3 is 0 Å². The first-order chi connectivity index (χ1) is 10.9. The quantitative estimate of drug-likeness (QED) is 0.846. The molecule has 0 spiro atoms. The summed E-state index contributed by atoms with van der Waals surface area (Å²) in [5.41, 5.74) is 0.428. The highest BCUT2D eigenvalue weighted by molar-refractivity contribution is 5.76. The Hall–Kier alpha value is -1.46. The molecule has 1 aromatic rings. The van der Waals surface area contributed by atoms with E-state index < -0.39 is 11.9 Å². The van der Waals surface area contributed by atoms with Crippen molar-refractivity contribution in [1.29, 1.82) is 0 Å². The van der Waals surface area contributed by atoms with Gasteiger partial charge in [0.2, 0.25) is 5.91 Å². The summed E-state index contributed by atoms with van der Waals surface area (Å²) in [5.74, 6) is 0.0929. The van der Waals surface area contributed by atoms with Gasteiger partial charge in [0.15, 0.2) is 0 Å². The fourth-order valence-electron chi connectivity index (χ4n) is 3.23. The van der Waals surface area contributed by atoms with Gasteiger partial charge in [0.25, 0.3) is 0 Å². The number of piperidine rings is 1. The van der Waals surface area contributed by atoms with E-state index in [1.165, 1.54) is 31.0 Å². The van der Waals surface area contributed by atoms with Crippen molar-refractivity contribution in [2.45, 2.75) is 45.3 Å². The molecule has 0 saturated carbocycles. The summed E-state index contributed by atoms with van der Waals surface area (Å²) in [4.78, 5) is 14.4. The molecule has 0 radical (unpaired) electrons. The van der Waals surface area contributed by atoms with Crippen molar-refractivity contribution in [2.75, 3.05) is 19.6 Å². The Kier molecular flexibility index (Phi) is 6.54. The zero-order chi connectivity index (χ0) is 16.8. The van der Waals surface area contributed by atoms with Gasteiger partial charge in [0.1, 0.15) is 5.82 Å². The molecule has 1 saturated heterocycles. The zero-order valence-corrected chi connectivity index (χ0v) is 14.0. The van der Waals surface area contributed by atoms with Gasteiger partial charge in [-0.25, -0.2) is 4.39 Å². The zero-order valence-electron chi connectivity index (χ0n) is 14.0. The average Bonchev–Trinajstić information content (AvgIpc) is 2.46. The number of aliphatic hydroxyl groups excluding tert-OH is 1. The van der Waals surface area contributed by atoms with E-state index in [2.05, 4.69) is 17.1 Å². The number of benzene rings is 1. The fourth-order valence-corrected chi connectivity index (χ4v) is 3.23. The minimum absolute atomic E-state index is 0.0347. The molecule has 1 heterocycles. The molecule has 0 aromatic heterocycles. The van der Waals surface area contributed by atoms with E-state index in [1.54, 1.807) is 6.07 Å². The van der Waals surface area contributed by atoms with Crippen molar-refractivity contribution in [3.63, 3.8) is 0 Å². The van der Waals surface area contributed by atoms with E-state index >= 15 is 0 Å². The first-order valence-corrected chi connectivity index (χ1v) is 8.39. The monoisotopic (exact) mass is 322 g/mol. The van der Waals surface area contributed by atoms with Crippen LogP contribution in [-0.4, -0.2) is 41.6 Å². The molecule has 128 valence electrons. The Balaban J connectivity index is 1.77. The molecule has 5 heteroatoms. The van der Waals surface area contributed by atoms with Crippen LogP contribution in [0.4, 0.5) is 4.39 Å². The Labute approximate surface area is 137 Å². The maximum atomic E-state index is 13.1. The number of aliphatic hydroxyl groups is 1. The maximum Gasteiger partial charge on any atom is 0.223 e. The minimum atomic E-state index is -0.979. The fraction of sp³-hybridized carbons (Fsp3) is 0.611. The van der Waals surface area contributed by atoms with E-state index in [4.69, 9.17) is 0 Å². The smallest absolute Gasteiger partial charge is 0.223 e. The van der Waals surface area contributed by atoms with Gasteiger partial charge in [-0.15, -0.1) is 0 Å². The molecule has 3 unspecified atom stereocenters. The van der Waals surface area contributed by atoms with Gasteiger partial charge in [0, 0.05) is 19.1 Å². The summed E-state index contributed by atoms with van der Waals surface area (Å²) in [6, 6.07) is 5.77. The number of carbonyl (C=O) groups is 1. The largest absolute Gasteiger partial charge is 0.388 e. The maximum absolute atomic E-state index is 13.1. The first kappa shape index (κ1) is 17.9. The number of nitrogens with zero attached hydrogens (tertiary/aromatic N) is 1. The molecule has 3 atom stereocenters. The lowest BCUT2D eigenvalue weighted by molar-refractivity contribution is -0.123. The van der Waals surface area contributed by atoms with E-state index in [0.717, 1.165) is 19.6 Å². The second-order valence-electron chi connectivity index (χ2n) is 6.75. The molecule has 2 N–H and O–H groups in total. The molecule has 23 heavy (non-hydrogen) atoms. The van der Waals surface area contributed by atoms with E-state index in [9.17, 15) is 14.3 Å². The summed E-state index contributed by atoms with van der Waals surface area (Å²) in [6.07, 6.45) is 1.45. The van der Waals surface area contributed by atoms with Gasteiger partial charge in [-0.1, -0.05) is 19.1 Å². The number of hydrogen-bond acceptors (Lipinski definition) is 3. The van der Waals surface area contributed by atoms with Crippen LogP contribution < -0.4 is 5.32 Å². The van der Waals surface area contributed by atoms with Crippen molar-refractivity contribution in [3.05, 3.63) is 35.6 Å². The highest BCUT2D eigenvalue weighted by Gasteiger charge is 2.20. The molecule has 4 nitrogen and oxygen atoms in total. The van der Waals surface area contributed by atoms with Gasteiger partial charge in [0.05, 0.1) is 12.5 Å². The first-order valence-electron chi connectivity index (χ1n) is 8.39. The molecular weight excluding hydrogens is 295 g/mol.